The van der Waals surface area contributed by atoms with Crippen molar-refractivity contribution in [1.29, 1.82) is 0 Å². The second-order valence-corrected chi connectivity index (χ2v) is 6.92. The van der Waals surface area contributed by atoms with Crippen molar-refractivity contribution in [3.63, 3.8) is 0 Å². The van der Waals surface area contributed by atoms with E-state index in [2.05, 4.69) is 5.10 Å². The van der Waals surface area contributed by atoms with E-state index in [0.717, 1.165) is 17.1 Å². The van der Waals surface area contributed by atoms with Gasteiger partial charge >= 0.3 is 12.1 Å². The van der Waals surface area contributed by atoms with Crippen LogP contribution in [0.15, 0.2) is 59.2 Å². The zero-order valence-electron chi connectivity index (χ0n) is 16.4. The Labute approximate surface area is 175 Å². The first kappa shape index (κ1) is 22.2. The summed E-state index contributed by atoms with van der Waals surface area (Å²) in [5.74, 6) is -3.06. The molecule has 0 spiro atoms. The number of hydrazone groups is 1. The number of anilines is 1. The highest BCUT2D eigenvalue weighted by molar-refractivity contribution is 6.16. The molecule has 1 aliphatic rings. The summed E-state index contributed by atoms with van der Waals surface area (Å²) in [7, 11) is 0. The number of nitrogens with zero attached hydrogens (tertiary/aromatic N) is 2. The van der Waals surface area contributed by atoms with E-state index in [1.807, 2.05) is 0 Å². The van der Waals surface area contributed by atoms with Crippen LogP contribution in [0.5, 0.6) is 0 Å². The number of benzene rings is 2. The van der Waals surface area contributed by atoms with Crippen molar-refractivity contribution in [2.75, 3.05) is 5.01 Å². The molecule has 1 aliphatic heterocycles. The third kappa shape index (κ3) is 4.99. The zero-order valence-corrected chi connectivity index (χ0v) is 16.4. The fourth-order valence-corrected chi connectivity index (χ4v) is 3.22. The van der Waals surface area contributed by atoms with Crippen LogP contribution >= 0.6 is 0 Å². The van der Waals surface area contributed by atoms with Gasteiger partial charge in [-0.25, -0.2) is 14.2 Å². The van der Waals surface area contributed by atoms with Crippen LogP contribution in [0.2, 0.25) is 0 Å². The van der Waals surface area contributed by atoms with Gasteiger partial charge in [0.15, 0.2) is 0 Å². The van der Waals surface area contributed by atoms with Crippen LogP contribution in [0.25, 0.3) is 6.08 Å². The van der Waals surface area contributed by atoms with E-state index in [1.54, 1.807) is 6.92 Å². The molecule has 0 radical (unpaired) electrons. The van der Waals surface area contributed by atoms with E-state index >= 15 is 0 Å². The second-order valence-electron chi connectivity index (χ2n) is 6.92. The average Bonchev–Trinajstić information content (AvgIpc) is 3.03. The zero-order chi connectivity index (χ0) is 22.8. The predicted octanol–water partition coefficient (Wildman–Crippen LogP) is 5.13. The van der Waals surface area contributed by atoms with Crippen molar-refractivity contribution in [3.8, 4) is 0 Å². The topological polar surface area (TPSA) is 70.0 Å². The molecule has 2 aromatic rings. The summed E-state index contributed by atoms with van der Waals surface area (Å²) in [5.41, 5.74) is 0.0987. The fraction of sp³-hybridized carbons (Fsp3) is 0.227. The number of hydrogen-bond acceptors (Lipinski definition) is 3. The Hall–Kier alpha value is -3.49. The lowest BCUT2D eigenvalue weighted by Crippen LogP contribution is -2.28. The van der Waals surface area contributed by atoms with Gasteiger partial charge < -0.3 is 5.11 Å². The quantitative estimate of drug-likeness (QED) is 0.506. The van der Waals surface area contributed by atoms with Gasteiger partial charge in [-0.1, -0.05) is 19.1 Å². The predicted molar refractivity (Wildman–Crippen MR) is 107 cm³/mol. The molecule has 0 saturated carbocycles. The Morgan fingerprint density at radius 1 is 1.13 bits per heavy atom. The number of carboxylic acid groups (broad SMARTS) is 1. The van der Waals surface area contributed by atoms with Crippen molar-refractivity contribution in [2.45, 2.75) is 25.9 Å². The summed E-state index contributed by atoms with van der Waals surface area (Å²) in [6.07, 6.45) is -3.05. The van der Waals surface area contributed by atoms with E-state index in [-0.39, 0.29) is 17.6 Å². The first-order chi connectivity index (χ1) is 14.6. The molecule has 5 nitrogen and oxygen atoms in total. The molecule has 0 bridgehead atoms. The van der Waals surface area contributed by atoms with Crippen LogP contribution in [-0.4, -0.2) is 22.7 Å². The molecule has 162 valence electrons. The molecule has 0 fully saturated rings. The van der Waals surface area contributed by atoms with Gasteiger partial charge in [0.25, 0.3) is 5.91 Å². The molecule has 1 amide bonds. The van der Waals surface area contributed by atoms with E-state index in [1.165, 1.54) is 42.5 Å². The van der Waals surface area contributed by atoms with Crippen molar-refractivity contribution >= 4 is 29.4 Å². The number of aliphatic carboxylic acids is 1. The number of carbonyl (C=O) groups is 2. The summed E-state index contributed by atoms with van der Waals surface area (Å²) in [5, 5.41) is 15.0. The molecule has 0 saturated heterocycles. The number of halogens is 4. The SMILES string of the molecule is CCC1=NN(c2ccc(F)cc2)C(=O)C1C/C(=C/c1ccc(C(F)(F)F)cc1)C(=O)O. The first-order valence-corrected chi connectivity index (χ1v) is 9.38. The number of hydrogen-bond donors (Lipinski definition) is 1. The lowest BCUT2D eigenvalue weighted by atomic mass is 9.92. The molecule has 3 rings (SSSR count). The van der Waals surface area contributed by atoms with Crippen molar-refractivity contribution in [2.24, 2.45) is 11.0 Å². The Morgan fingerprint density at radius 2 is 1.74 bits per heavy atom. The van der Waals surface area contributed by atoms with Crippen LogP contribution in [0.1, 0.15) is 30.9 Å². The molecular weight excluding hydrogens is 416 g/mol. The molecule has 1 N–H and O–H groups in total. The molecular formula is C22H18F4N2O3. The third-order valence-corrected chi connectivity index (χ3v) is 4.85. The molecule has 9 heteroatoms. The molecule has 1 heterocycles. The number of carboxylic acids is 1. The lowest BCUT2D eigenvalue weighted by molar-refractivity contribution is -0.137. The highest BCUT2D eigenvalue weighted by atomic mass is 19.4. The van der Waals surface area contributed by atoms with Gasteiger partial charge in [0.2, 0.25) is 0 Å². The van der Waals surface area contributed by atoms with Gasteiger partial charge in [-0.15, -0.1) is 0 Å². The third-order valence-electron chi connectivity index (χ3n) is 4.85. The highest BCUT2D eigenvalue weighted by Crippen LogP contribution is 2.31. The Balaban J connectivity index is 1.86. The van der Waals surface area contributed by atoms with Gasteiger partial charge in [0.1, 0.15) is 5.82 Å². The van der Waals surface area contributed by atoms with Gasteiger partial charge in [0.05, 0.1) is 22.9 Å². The molecule has 2 aromatic carbocycles. The Morgan fingerprint density at radius 3 is 2.26 bits per heavy atom. The van der Waals surface area contributed by atoms with Gasteiger partial charge in [-0.3, -0.25) is 4.79 Å². The van der Waals surface area contributed by atoms with E-state index in [0.29, 0.717) is 17.8 Å². The van der Waals surface area contributed by atoms with Crippen molar-refractivity contribution < 1.29 is 32.3 Å². The summed E-state index contributed by atoms with van der Waals surface area (Å²) in [6, 6.07) is 9.21. The first-order valence-electron chi connectivity index (χ1n) is 9.38. The average molecular weight is 434 g/mol. The van der Waals surface area contributed by atoms with E-state index in [4.69, 9.17) is 0 Å². The second kappa shape index (κ2) is 8.71. The molecule has 0 aliphatic carbocycles. The smallest absolute Gasteiger partial charge is 0.416 e. The lowest BCUT2D eigenvalue weighted by Gasteiger charge is -2.15. The van der Waals surface area contributed by atoms with Crippen LogP contribution in [0, 0.1) is 11.7 Å². The van der Waals surface area contributed by atoms with E-state index < -0.39 is 35.4 Å². The fourth-order valence-electron chi connectivity index (χ4n) is 3.22. The standard InChI is InChI=1S/C22H18F4N2O3/c1-2-19-18(20(29)28(27-19)17-9-7-16(23)8-10-17)12-14(21(30)31)11-13-3-5-15(6-4-13)22(24,25)26/h3-11,18H,2,12H2,1H3,(H,30,31)/b14-11-. The molecule has 1 unspecified atom stereocenters. The van der Waals surface area contributed by atoms with E-state index in [9.17, 15) is 32.3 Å². The number of amides is 1. The number of carbonyl (C=O) groups excluding carboxylic acids is 1. The van der Waals surface area contributed by atoms with Crippen LogP contribution < -0.4 is 5.01 Å². The summed E-state index contributed by atoms with van der Waals surface area (Å²) < 4.78 is 51.3. The number of alkyl halides is 3. The highest BCUT2D eigenvalue weighted by Gasteiger charge is 2.37. The minimum atomic E-state index is -4.50. The maximum atomic E-state index is 13.2. The summed E-state index contributed by atoms with van der Waals surface area (Å²) in [6.45, 7) is 1.77. The minimum absolute atomic E-state index is 0.139. The van der Waals surface area contributed by atoms with Crippen molar-refractivity contribution in [1.82, 2.24) is 0 Å². The maximum absolute atomic E-state index is 13.2. The largest absolute Gasteiger partial charge is 0.478 e. The van der Waals surface area contributed by atoms with Crippen molar-refractivity contribution in [3.05, 3.63) is 71.0 Å². The molecule has 31 heavy (non-hydrogen) atoms. The van der Waals surface area contributed by atoms with Crippen LogP contribution in [0.3, 0.4) is 0 Å². The molecule has 0 aromatic heterocycles. The summed E-state index contributed by atoms with van der Waals surface area (Å²) in [4.78, 5) is 24.7. The monoisotopic (exact) mass is 434 g/mol. The normalized spacial score (nSPS) is 17.1. The van der Waals surface area contributed by atoms with Crippen LogP contribution in [-0.2, 0) is 15.8 Å². The Bertz CT molecular complexity index is 1040. The van der Waals surface area contributed by atoms with Crippen LogP contribution in [0.4, 0.5) is 23.2 Å². The van der Waals surface area contributed by atoms with Gasteiger partial charge in [-0.05, 0) is 60.9 Å². The Kier molecular flexibility index (Phi) is 6.24. The summed E-state index contributed by atoms with van der Waals surface area (Å²) >= 11 is 0. The number of rotatable bonds is 6. The minimum Gasteiger partial charge on any atom is -0.478 e. The molecule has 1 atom stereocenters. The van der Waals surface area contributed by atoms with Gasteiger partial charge in [0, 0.05) is 5.57 Å². The van der Waals surface area contributed by atoms with Gasteiger partial charge in [-0.2, -0.15) is 18.3 Å². The maximum Gasteiger partial charge on any atom is 0.416 e.